The van der Waals surface area contributed by atoms with E-state index < -0.39 is 45.9 Å². The number of halogens is 5. The molecule has 5 heterocycles. The third-order valence-electron chi connectivity index (χ3n) is 8.17. The van der Waals surface area contributed by atoms with Gasteiger partial charge in [0.2, 0.25) is 5.88 Å². The van der Waals surface area contributed by atoms with Crippen LogP contribution in [0.5, 0.6) is 11.9 Å². The molecule has 14 heteroatoms. The summed E-state index contributed by atoms with van der Waals surface area (Å²) in [5, 5.41) is 6.29. The zero-order valence-corrected chi connectivity index (χ0v) is 25.0. The first-order chi connectivity index (χ1) is 20.8. The molecule has 6 rings (SSSR count). The largest absolute Gasteiger partial charge is 0.477 e. The van der Waals surface area contributed by atoms with Crippen LogP contribution in [0.4, 0.5) is 33.5 Å². The maximum atomic E-state index is 15.9. The lowest BCUT2D eigenvalue weighted by molar-refractivity contribution is -0.137. The highest BCUT2D eigenvalue weighted by Gasteiger charge is 2.39. The van der Waals surface area contributed by atoms with Crippen molar-refractivity contribution in [2.45, 2.75) is 64.3 Å². The Morgan fingerprint density at radius 1 is 1.20 bits per heavy atom. The van der Waals surface area contributed by atoms with Crippen molar-refractivity contribution < 1.29 is 31.4 Å². The molecular weight excluding hydrogens is 585 g/mol. The minimum absolute atomic E-state index is 0.0302. The van der Waals surface area contributed by atoms with Crippen molar-refractivity contribution >= 4 is 22.4 Å². The Morgan fingerprint density at radius 2 is 1.93 bits per heavy atom. The Bertz CT molecular complexity index is 1570. The Kier molecular flexibility index (Phi) is 8.85. The van der Waals surface area contributed by atoms with E-state index in [1.165, 1.54) is 45.0 Å². The molecule has 0 radical (unpaired) electrons. The molecule has 238 valence electrons. The molecule has 4 N–H and O–H groups in total. The van der Waals surface area contributed by atoms with Gasteiger partial charge in [0.1, 0.15) is 28.2 Å². The van der Waals surface area contributed by atoms with E-state index in [4.69, 9.17) is 15.2 Å². The fraction of sp³-hybridized carbons (Fsp3) is 0.500. The average Bonchev–Trinajstić information content (AvgIpc) is 3.31. The number of rotatable bonds is 7. The van der Waals surface area contributed by atoms with Crippen LogP contribution in [0, 0.1) is 18.6 Å². The van der Waals surface area contributed by atoms with E-state index in [0.717, 1.165) is 13.0 Å². The predicted molar refractivity (Wildman–Crippen MR) is 158 cm³/mol. The first-order valence-corrected chi connectivity index (χ1v) is 14.5. The van der Waals surface area contributed by atoms with Crippen LogP contribution in [0.15, 0.2) is 18.2 Å². The number of ether oxygens (including phenoxy) is 2. The molecule has 0 amide bonds. The minimum Gasteiger partial charge on any atom is -0.477 e. The molecule has 1 aromatic carbocycles. The molecule has 3 aromatic rings. The number of hydrogen-bond donors (Lipinski definition) is 3. The van der Waals surface area contributed by atoms with Crippen LogP contribution < -0.4 is 25.8 Å². The van der Waals surface area contributed by atoms with E-state index in [2.05, 4.69) is 37.1 Å². The standard InChI is InChI=1S/C22H23F5N6O2.C8H13N/c1-5-35-20-13-18(32-21(34-4)33-19(13)29-7-12-9(3)30-12)16(24)17(31-20)10-6-11(28)15(23)8(2)14(10)22(25,26)27;1-7-5-8-3-2-4-9(8)6-7/h6,9,12,30H,5,7,28H2,1-4H3,(H,29,32,33);8H,1-6H2. The Balaban J connectivity index is 0.000000361. The van der Waals surface area contributed by atoms with Gasteiger partial charge in [-0.1, -0.05) is 12.2 Å². The number of anilines is 2. The van der Waals surface area contributed by atoms with Gasteiger partial charge in [-0.25, -0.2) is 13.8 Å². The summed E-state index contributed by atoms with van der Waals surface area (Å²) in [6.45, 7) is 11.5. The minimum atomic E-state index is -5.02. The third kappa shape index (κ3) is 6.23. The van der Waals surface area contributed by atoms with Crippen molar-refractivity contribution in [3.05, 3.63) is 41.0 Å². The van der Waals surface area contributed by atoms with Crippen molar-refractivity contribution in [3.63, 3.8) is 0 Å². The maximum Gasteiger partial charge on any atom is 0.417 e. The van der Waals surface area contributed by atoms with Crippen LogP contribution in [0.25, 0.3) is 22.2 Å². The topological polar surface area (TPSA) is 120 Å². The number of hydrogen-bond acceptors (Lipinski definition) is 9. The molecule has 0 saturated carbocycles. The molecule has 0 bridgehead atoms. The van der Waals surface area contributed by atoms with Crippen molar-refractivity contribution in [1.29, 1.82) is 0 Å². The molecular formula is C30H36F5N7O2. The molecule has 2 aromatic heterocycles. The number of benzene rings is 1. The smallest absolute Gasteiger partial charge is 0.417 e. The molecule has 3 unspecified atom stereocenters. The Morgan fingerprint density at radius 3 is 2.55 bits per heavy atom. The number of alkyl halides is 3. The van der Waals surface area contributed by atoms with Gasteiger partial charge in [0.05, 0.1) is 25.0 Å². The van der Waals surface area contributed by atoms with Crippen LogP contribution in [0.3, 0.4) is 0 Å². The molecule has 44 heavy (non-hydrogen) atoms. The second-order valence-electron chi connectivity index (χ2n) is 11.3. The fourth-order valence-electron chi connectivity index (χ4n) is 5.87. The summed E-state index contributed by atoms with van der Waals surface area (Å²) in [5.41, 5.74) is 2.43. The van der Waals surface area contributed by atoms with Crippen molar-refractivity contribution in [3.8, 4) is 23.1 Å². The van der Waals surface area contributed by atoms with Crippen molar-refractivity contribution in [1.82, 2.24) is 25.2 Å². The predicted octanol–water partition coefficient (Wildman–Crippen LogP) is 5.47. The summed E-state index contributed by atoms with van der Waals surface area (Å²) in [5.74, 6) is -2.50. The van der Waals surface area contributed by atoms with Gasteiger partial charge in [-0.05, 0) is 58.2 Å². The fourth-order valence-corrected chi connectivity index (χ4v) is 5.87. The molecule has 3 aliphatic rings. The summed E-state index contributed by atoms with van der Waals surface area (Å²) in [6.07, 6.45) is -0.913. The molecule has 0 spiro atoms. The Hall–Kier alpha value is -3.78. The van der Waals surface area contributed by atoms with Crippen LogP contribution in [-0.4, -0.2) is 71.3 Å². The van der Waals surface area contributed by atoms with E-state index >= 15 is 4.39 Å². The number of nitrogen functional groups attached to an aromatic ring is 1. The number of nitrogens with two attached hydrogens (primary N) is 1. The highest BCUT2D eigenvalue weighted by molar-refractivity contribution is 5.96. The van der Waals surface area contributed by atoms with Gasteiger partial charge in [-0.2, -0.15) is 23.1 Å². The van der Waals surface area contributed by atoms with E-state index in [1.807, 2.05) is 6.92 Å². The van der Waals surface area contributed by atoms with Crippen LogP contribution in [0.1, 0.15) is 44.2 Å². The first-order valence-electron chi connectivity index (χ1n) is 14.5. The average molecular weight is 622 g/mol. The van der Waals surface area contributed by atoms with Gasteiger partial charge in [0.25, 0.3) is 0 Å². The zero-order chi connectivity index (χ0) is 31.9. The molecule has 3 aliphatic heterocycles. The summed E-state index contributed by atoms with van der Waals surface area (Å²) >= 11 is 0. The lowest BCUT2D eigenvalue weighted by atomic mass is 9.96. The number of nitrogens with one attached hydrogen (secondary N) is 2. The molecule has 9 nitrogen and oxygen atoms in total. The highest BCUT2D eigenvalue weighted by Crippen LogP contribution is 2.44. The van der Waals surface area contributed by atoms with Crippen molar-refractivity contribution in [2.75, 3.05) is 44.4 Å². The van der Waals surface area contributed by atoms with E-state index in [0.29, 0.717) is 12.6 Å². The zero-order valence-electron chi connectivity index (χ0n) is 25.0. The van der Waals surface area contributed by atoms with Gasteiger partial charge in [-0.3, -0.25) is 4.90 Å². The van der Waals surface area contributed by atoms with Crippen molar-refractivity contribution in [2.24, 2.45) is 0 Å². The maximum absolute atomic E-state index is 15.9. The van der Waals surface area contributed by atoms with E-state index in [-0.39, 0.29) is 47.3 Å². The van der Waals surface area contributed by atoms with E-state index in [9.17, 15) is 17.6 Å². The summed E-state index contributed by atoms with van der Waals surface area (Å²) in [4.78, 5) is 14.9. The lowest BCUT2D eigenvalue weighted by Gasteiger charge is -2.19. The van der Waals surface area contributed by atoms with Crippen LogP contribution in [0.2, 0.25) is 0 Å². The van der Waals surface area contributed by atoms with Gasteiger partial charge >= 0.3 is 12.2 Å². The summed E-state index contributed by atoms with van der Waals surface area (Å²) in [7, 11) is 1.27. The SMILES string of the molecule is C=C1CC2CCCN2C1.CCOc1nc(-c2cc(N)c(F)c(C)c2C(F)(F)F)c(F)c2nc(OC)nc(NCC3NC3C)c12. The second kappa shape index (κ2) is 12.3. The van der Waals surface area contributed by atoms with Gasteiger partial charge in [-0.15, -0.1) is 0 Å². The molecule has 0 aliphatic carbocycles. The first kappa shape index (κ1) is 31.6. The number of aromatic nitrogens is 3. The van der Waals surface area contributed by atoms with Crippen LogP contribution in [-0.2, 0) is 6.18 Å². The quantitative estimate of drug-likeness (QED) is 0.137. The number of nitrogens with zero attached hydrogens (tertiary/aromatic N) is 4. The third-order valence-corrected chi connectivity index (χ3v) is 8.17. The normalized spacial score (nSPS) is 21.2. The van der Waals surface area contributed by atoms with Crippen LogP contribution >= 0.6 is 0 Å². The second-order valence-corrected chi connectivity index (χ2v) is 11.3. The van der Waals surface area contributed by atoms with E-state index in [1.54, 1.807) is 6.92 Å². The lowest BCUT2D eigenvalue weighted by Crippen LogP contribution is -2.21. The number of fused-ring (bicyclic) bond motifs is 2. The molecule has 3 atom stereocenters. The highest BCUT2D eigenvalue weighted by atomic mass is 19.4. The van der Waals surface area contributed by atoms with Gasteiger partial charge in [0.15, 0.2) is 5.82 Å². The molecule has 3 saturated heterocycles. The summed E-state index contributed by atoms with van der Waals surface area (Å²) in [6, 6.07) is 1.80. The van der Waals surface area contributed by atoms with Gasteiger partial charge < -0.3 is 25.8 Å². The van der Waals surface area contributed by atoms with Gasteiger partial charge in [0, 0.05) is 36.8 Å². The molecule has 3 fully saturated rings. The summed E-state index contributed by atoms with van der Waals surface area (Å²) < 4.78 is 82.6. The number of pyridine rings is 1. The Labute approximate surface area is 252 Å². The monoisotopic (exact) mass is 621 g/mol. The number of methoxy groups -OCH3 is 1.